The Hall–Kier alpha value is -1.35. The maximum absolute atomic E-state index is 12.4. The SMILES string of the molecule is CCOC(=O)C1(NCc2ccccc2)CCC(CC)C1. The van der Waals surface area contributed by atoms with Gasteiger partial charge in [-0.25, -0.2) is 0 Å². The van der Waals surface area contributed by atoms with Gasteiger partial charge in [0.1, 0.15) is 5.54 Å². The summed E-state index contributed by atoms with van der Waals surface area (Å²) in [6.45, 7) is 5.23. The molecule has 2 rings (SSSR count). The summed E-state index contributed by atoms with van der Waals surface area (Å²) in [4.78, 5) is 12.4. The molecule has 1 N–H and O–H groups in total. The fraction of sp³-hybridized carbons (Fsp3) is 0.588. The van der Waals surface area contributed by atoms with E-state index in [0.717, 1.165) is 32.2 Å². The number of carbonyl (C=O) groups excluding carboxylic acids is 1. The van der Waals surface area contributed by atoms with Crippen LogP contribution >= 0.6 is 0 Å². The van der Waals surface area contributed by atoms with Crippen molar-refractivity contribution in [3.63, 3.8) is 0 Å². The van der Waals surface area contributed by atoms with Crippen molar-refractivity contribution in [2.45, 2.75) is 51.6 Å². The molecule has 0 heterocycles. The van der Waals surface area contributed by atoms with Crippen molar-refractivity contribution in [3.05, 3.63) is 35.9 Å². The van der Waals surface area contributed by atoms with Crippen LogP contribution in [0.3, 0.4) is 0 Å². The molecule has 3 nitrogen and oxygen atoms in total. The molecule has 20 heavy (non-hydrogen) atoms. The van der Waals surface area contributed by atoms with Gasteiger partial charge in [0.25, 0.3) is 0 Å². The Labute approximate surface area is 121 Å². The minimum atomic E-state index is -0.480. The topological polar surface area (TPSA) is 38.3 Å². The number of esters is 1. The van der Waals surface area contributed by atoms with Gasteiger partial charge in [-0.3, -0.25) is 10.1 Å². The van der Waals surface area contributed by atoms with Gasteiger partial charge >= 0.3 is 5.97 Å². The molecule has 1 aromatic rings. The summed E-state index contributed by atoms with van der Waals surface area (Å²) in [6, 6.07) is 10.2. The minimum absolute atomic E-state index is 0.0770. The minimum Gasteiger partial charge on any atom is -0.465 e. The van der Waals surface area contributed by atoms with Crippen molar-refractivity contribution in [2.24, 2.45) is 5.92 Å². The van der Waals surface area contributed by atoms with E-state index >= 15 is 0 Å². The summed E-state index contributed by atoms with van der Waals surface area (Å²) in [5.74, 6) is 0.551. The Morgan fingerprint density at radius 1 is 1.35 bits per heavy atom. The van der Waals surface area contributed by atoms with E-state index in [1.807, 2.05) is 25.1 Å². The Morgan fingerprint density at radius 2 is 2.10 bits per heavy atom. The molecule has 0 aliphatic heterocycles. The maximum Gasteiger partial charge on any atom is 0.326 e. The van der Waals surface area contributed by atoms with Gasteiger partial charge < -0.3 is 4.74 Å². The first kappa shape index (κ1) is 15.0. The van der Waals surface area contributed by atoms with Crippen LogP contribution in [0.1, 0.15) is 45.1 Å². The third-order valence-corrected chi connectivity index (χ3v) is 4.33. The summed E-state index contributed by atoms with van der Waals surface area (Å²) >= 11 is 0. The lowest BCUT2D eigenvalue weighted by Gasteiger charge is -2.28. The first-order chi connectivity index (χ1) is 9.70. The molecule has 2 unspecified atom stereocenters. The van der Waals surface area contributed by atoms with E-state index in [1.165, 1.54) is 5.56 Å². The van der Waals surface area contributed by atoms with E-state index in [9.17, 15) is 4.79 Å². The normalized spacial score (nSPS) is 25.6. The third kappa shape index (κ3) is 3.40. The van der Waals surface area contributed by atoms with E-state index in [2.05, 4.69) is 24.4 Å². The highest BCUT2D eigenvalue weighted by Crippen LogP contribution is 2.37. The predicted octanol–water partition coefficient (Wildman–Crippen LogP) is 3.29. The number of hydrogen-bond donors (Lipinski definition) is 1. The van der Waals surface area contributed by atoms with Crippen LogP contribution in [-0.2, 0) is 16.1 Å². The zero-order valence-corrected chi connectivity index (χ0v) is 12.5. The number of rotatable bonds is 6. The van der Waals surface area contributed by atoms with Crippen molar-refractivity contribution in [1.29, 1.82) is 0 Å². The molecule has 1 aliphatic carbocycles. The highest BCUT2D eigenvalue weighted by molar-refractivity contribution is 5.81. The molecule has 0 bridgehead atoms. The Kier molecular flexibility index (Phi) is 5.18. The van der Waals surface area contributed by atoms with Gasteiger partial charge in [-0.2, -0.15) is 0 Å². The average molecular weight is 275 g/mol. The zero-order chi connectivity index (χ0) is 14.4. The van der Waals surface area contributed by atoms with Gasteiger partial charge in [0, 0.05) is 6.54 Å². The second-order valence-electron chi connectivity index (χ2n) is 5.66. The van der Waals surface area contributed by atoms with Gasteiger partial charge in [-0.05, 0) is 37.7 Å². The van der Waals surface area contributed by atoms with E-state index in [-0.39, 0.29) is 5.97 Å². The van der Waals surface area contributed by atoms with Gasteiger partial charge in [-0.1, -0.05) is 43.7 Å². The summed E-state index contributed by atoms with van der Waals surface area (Å²) in [6.07, 6.45) is 4.03. The number of carbonyl (C=O) groups is 1. The molecule has 0 spiro atoms. The van der Waals surface area contributed by atoms with Crippen molar-refractivity contribution in [3.8, 4) is 0 Å². The molecule has 1 fully saturated rings. The molecule has 1 aliphatic rings. The van der Waals surface area contributed by atoms with Gasteiger partial charge in [0.05, 0.1) is 6.61 Å². The number of benzene rings is 1. The van der Waals surface area contributed by atoms with Crippen LogP contribution in [0.4, 0.5) is 0 Å². The number of ether oxygens (including phenoxy) is 1. The quantitative estimate of drug-likeness (QED) is 0.810. The maximum atomic E-state index is 12.4. The molecule has 2 atom stereocenters. The van der Waals surface area contributed by atoms with Crippen LogP contribution in [0.2, 0.25) is 0 Å². The summed E-state index contributed by atoms with van der Waals surface area (Å²) < 4.78 is 5.31. The third-order valence-electron chi connectivity index (χ3n) is 4.33. The van der Waals surface area contributed by atoms with E-state index in [1.54, 1.807) is 0 Å². The summed E-state index contributed by atoms with van der Waals surface area (Å²) in [5, 5.41) is 3.49. The zero-order valence-electron chi connectivity index (χ0n) is 12.5. The highest BCUT2D eigenvalue weighted by Gasteiger charge is 2.45. The average Bonchev–Trinajstić information content (AvgIpc) is 2.92. The van der Waals surface area contributed by atoms with Crippen molar-refractivity contribution < 1.29 is 9.53 Å². The van der Waals surface area contributed by atoms with E-state index < -0.39 is 5.54 Å². The molecule has 1 saturated carbocycles. The summed E-state index contributed by atoms with van der Waals surface area (Å²) in [5.41, 5.74) is 0.725. The number of nitrogens with one attached hydrogen (secondary N) is 1. The smallest absolute Gasteiger partial charge is 0.326 e. The fourth-order valence-corrected chi connectivity index (χ4v) is 3.05. The molecular formula is C17H25NO2. The van der Waals surface area contributed by atoms with E-state index in [0.29, 0.717) is 12.5 Å². The molecule has 0 amide bonds. The molecule has 1 aromatic carbocycles. The summed E-state index contributed by atoms with van der Waals surface area (Å²) in [7, 11) is 0. The second kappa shape index (κ2) is 6.89. The van der Waals surface area contributed by atoms with Gasteiger partial charge in [0.2, 0.25) is 0 Å². The Bertz CT molecular complexity index is 432. The standard InChI is InChI=1S/C17H25NO2/c1-3-14-10-11-17(12-14,16(19)20-4-2)18-13-15-8-6-5-7-9-15/h5-9,14,18H,3-4,10-13H2,1-2H3. The van der Waals surface area contributed by atoms with Crippen molar-refractivity contribution >= 4 is 5.97 Å². The first-order valence-electron chi connectivity index (χ1n) is 7.66. The lowest BCUT2D eigenvalue weighted by molar-refractivity contribution is -0.151. The first-order valence-corrected chi connectivity index (χ1v) is 7.66. The molecule has 3 heteroatoms. The molecule has 0 radical (unpaired) electrons. The largest absolute Gasteiger partial charge is 0.465 e. The number of hydrogen-bond acceptors (Lipinski definition) is 3. The van der Waals surface area contributed by atoms with Crippen LogP contribution in [0.25, 0.3) is 0 Å². The predicted molar refractivity (Wildman–Crippen MR) is 80.3 cm³/mol. The fourth-order valence-electron chi connectivity index (χ4n) is 3.05. The lowest BCUT2D eigenvalue weighted by Crippen LogP contribution is -2.50. The highest BCUT2D eigenvalue weighted by atomic mass is 16.5. The van der Waals surface area contributed by atoms with Gasteiger partial charge in [-0.15, -0.1) is 0 Å². The van der Waals surface area contributed by atoms with Crippen LogP contribution < -0.4 is 5.32 Å². The van der Waals surface area contributed by atoms with Crippen molar-refractivity contribution in [2.75, 3.05) is 6.61 Å². The van der Waals surface area contributed by atoms with Gasteiger partial charge in [0.15, 0.2) is 0 Å². The van der Waals surface area contributed by atoms with Crippen LogP contribution in [0, 0.1) is 5.92 Å². The van der Waals surface area contributed by atoms with Crippen molar-refractivity contribution in [1.82, 2.24) is 5.32 Å². The lowest BCUT2D eigenvalue weighted by atomic mass is 9.94. The van der Waals surface area contributed by atoms with Crippen LogP contribution in [-0.4, -0.2) is 18.1 Å². The second-order valence-corrected chi connectivity index (χ2v) is 5.66. The monoisotopic (exact) mass is 275 g/mol. The van der Waals surface area contributed by atoms with E-state index in [4.69, 9.17) is 4.74 Å². The van der Waals surface area contributed by atoms with Crippen LogP contribution in [0.5, 0.6) is 0 Å². The molecule has 110 valence electrons. The van der Waals surface area contributed by atoms with Crippen LogP contribution in [0.15, 0.2) is 30.3 Å². The molecule has 0 saturated heterocycles. The molecular weight excluding hydrogens is 250 g/mol. The Balaban J connectivity index is 2.05. The Morgan fingerprint density at radius 3 is 2.70 bits per heavy atom. The molecule has 0 aromatic heterocycles.